The minimum absolute atomic E-state index is 0.0446. The zero-order chi connectivity index (χ0) is 18.7. The Kier molecular flexibility index (Phi) is 5.27. The van der Waals surface area contributed by atoms with E-state index in [1.54, 1.807) is 24.3 Å². The summed E-state index contributed by atoms with van der Waals surface area (Å²) in [6, 6.07) is 11.7. The number of nitrogens with zero attached hydrogens (tertiary/aromatic N) is 1. The normalized spacial score (nSPS) is 10.6. The van der Waals surface area contributed by atoms with Gasteiger partial charge in [-0.05, 0) is 42.0 Å². The Labute approximate surface area is 156 Å². The number of aromatic nitrogens is 1. The molecular formula is C19H13BrF2N2O2. The van der Waals surface area contributed by atoms with Gasteiger partial charge < -0.3 is 10.5 Å². The Balaban J connectivity index is 1.96. The van der Waals surface area contributed by atoms with Gasteiger partial charge in [-0.1, -0.05) is 28.1 Å². The van der Waals surface area contributed by atoms with Gasteiger partial charge >= 0.3 is 0 Å². The highest BCUT2D eigenvalue weighted by Gasteiger charge is 2.13. The lowest BCUT2D eigenvalue weighted by molar-refractivity contribution is 0.0995. The van der Waals surface area contributed by atoms with Crippen LogP contribution in [-0.2, 0) is 6.61 Å². The quantitative estimate of drug-likeness (QED) is 0.664. The van der Waals surface area contributed by atoms with Crippen molar-refractivity contribution < 1.29 is 18.3 Å². The molecule has 132 valence electrons. The molecule has 2 aromatic carbocycles. The third kappa shape index (κ3) is 4.05. The highest BCUT2D eigenvalue weighted by atomic mass is 79.9. The van der Waals surface area contributed by atoms with Crippen molar-refractivity contribution >= 4 is 21.8 Å². The standard InChI is InChI=1S/C19H13BrF2N2O2/c20-13-3-6-16(22)12(7-13)10-26-18-9-24-17(19(23)25)8-15(18)11-1-4-14(21)5-2-11/h1-9H,10H2,(H2,23,25). The molecule has 0 fully saturated rings. The number of nitrogens with two attached hydrogens (primary N) is 1. The summed E-state index contributed by atoms with van der Waals surface area (Å²) in [5.74, 6) is -1.17. The second kappa shape index (κ2) is 7.61. The van der Waals surface area contributed by atoms with Gasteiger partial charge in [0.05, 0.1) is 6.20 Å². The fourth-order valence-corrected chi connectivity index (χ4v) is 2.77. The first-order valence-corrected chi connectivity index (χ1v) is 8.36. The van der Waals surface area contributed by atoms with Crippen LogP contribution in [0.25, 0.3) is 11.1 Å². The molecule has 1 heterocycles. The highest BCUT2D eigenvalue weighted by molar-refractivity contribution is 9.10. The molecule has 0 aliphatic rings. The first-order valence-electron chi connectivity index (χ1n) is 7.56. The maximum Gasteiger partial charge on any atom is 0.267 e. The zero-order valence-corrected chi connectivity index (χ0v) is 15.0. The SMILES string of the molecule is NC(=O)c1cc(-c2ccc(F)cc2)c(OCc2cc(Br)ccc2F)cn1. The number of carbonyl (C=O) groups excluding carboxylic acids is 1. The van der Waals surface area contributed by atoms with Gasteiger partial charge in [0.25, 0.3) is 5.91 Å². The molecule has 2 N–H and O–H groups in total. The molecule has 3 rings (SSSR count). The molecular weight excluding hydrogens is 406 g/mol. The molecule has 1 aromatic heterocycles. The fraction of sp³-hybridized carbons (Fsp3) is 0.0526. The van der Waals surface area contributed by atoms with Crippen LogP contribution in [0.2, 0.25) is 0 Å². The van der Waals surface area contributed by atoms with Crippen LogP contribution >= 0.6 is 15.9 Å². The van der Waals surface area contributed by atoms with Crippen LogP contribution in [0.4, 0.5) is 8.78 Å². The van der Waals surface area contributed by atoms with Crippen molar-refractivity contribution in [3.63, 3.8) is 0 Å². The third-order valence-electron chi connectivity index (χ3n) is 3.67. The number of carbonyl (C=O) groups is 1. The molecule has 4 nitrogen and oxygen atoms in total. The number of benzene rings is 2. The molecule has 26 heavy (non-hydrogen) atoms. The van der Waals surface area contributed by atoms with Gasteiger partial charge in [0, 0.05) is 15.6 Å². The van der Waals surface area contributed by atoms with Crippen LogP contribution in [0.1, 0.15) is 16.1 Å². The molecule has 0 spiro atoms. The number of ether oxygens (including phenoxy) is 1. The predicted octanol–water partition coefficient (Wildman–Crippen LogP) is 4.47. The van der Waals surface area contributed by atoms with Crippen LogP contribution in [0.3, 0.4) is 0 Å². The maximum absolute atomic E-state index is 13.9. The first-order chi connectivity index (χ1) is 12.4. The van der Waals surface area contributed by atoms with Gasteiger partial charge in [-0.15, -0.1) is 0 Å². The van der Waals surface area contributed by atoms with Crippen LogP contribution in [0, 0.1) is 11.6 Å². The van der Waals surface area contributed by atoms with E-state index in [1.807, 2.05) is 0 Å². The Hall–Kier alpha value is -2.80. The highest BCUT2D eigenvalue weighted by Crippen LogP contribution is 2.31. The molecule has 0 saturated heterocycles. The summed E-state index contributed by atoms with van der Waals surface area (Å²) >= 11 is 3.28. The third-order valence-corrected chi connectivity index (χ3v) is 4.16. The Morgan fingerprint density at radius 2 is 1.85 bits per heavy atom. The van der Waals surface area contributed by atoms with Gasteiger partial charge in [-0.2, -0.15) is 0 Å². The average molecular weight is 419 g/mol. The van der Waals surface area contributed by atoms with E-state index in [9.17, 15) is 13.6 Å². The van der Waals surface area contributed by atoms with E-state index in [0.29, 0.717) is 22.4 Å². The summed E-state index contributed by atoms with van der Waals surface area (Å²) in [4.78, 5) is 15.4. The molecule has 0 aliphatic heterocycles. The molecule has 0 bridgehead atoms. The van der Waals surface area contributed by atoms with E-state index in [-0.39, 0.29) is 12.3 Å². The summed E-state index contributed by atoms with van der Waals surface area (Å²) in [7, 11) is 0. The first kappa shape index (κ1) is 18.0. The number of hydrogen-bond donors (Lipinski definition) is 1. The van der Waals surface area contributed by atoms with E-state index in [4.69, 9.17) is 10.5 Å². The average Bonchev–Trinajstić information content (AvgIpc) is 2.63. The molecule has 0 aliphatic carbocycles. The van der Waals surface area contributed by atoms with E-state index < -0.39 is 17.5 Å². The van der Waals surface area contributed by atoms with Gasteiger partial charge in [-0.25, -0.2) is 13.8 Å². The molecule has 0 radical (unpaired) electrons. The van der Waals surface area contributed by atoms with Crippen molar-refractivity contribution in [1.82, 2.24) is 4.98 Å². The number of amides is 1. The van der Waals surface area contributed by atoms with E-state index in [2.05, 4.69) is 20.9 Å². The van der Waals surface area contributed by atoms with Crippen molar-refractivity contribution in [2.45, 2.75) is 6.61 Å². The summed E-state index contributed by atoms with van der Waals surface area (Å²) in [6.07, 6.45) is 1.34. The minimum Gasteiger partial charge on any atom is -0.487 e. The largest absolute Gasteiger partial charge is 0.487 e. The topological polar surface area (TPSA) is 65.2 Å². The lowest BCUT2D eigenvalue weighted by Crippen LogP contribution is -2.13. The van der Waals surface area contributed by atoms with Gasteiger partial charge in [0.15, 0.2) is 0 Å². The van der Waals surface area contributed by atoms with Crippen molar-refractivity contribution in [1.29, 1.82) is 0 Å². The van der Waals surface area contributed by atoms with E-state index in [1.165, 1.54) is 30.5 Å². The van der Waals surface area contributed by atoms with Crippen molar-refractivity contribution in [3.05, 3.63) is 82.1 Å². The molecule has 0 atom stereocenters. The Morgan fingerprint density at radius 3 is 2.54 bits per heavy atom. The summed E-state index contributed by atoms with van der Waals surface area (Å²) in [5.41, 5.74) is 6.79. The summed E-state index contributed by atoms with van der Waals surface area (Å²) in [5, 5.41) is 0. The van der Waals surface area contributed by atoms with Crippen LogP contribution in [0.5, 0.6) is 5.75 Å². The van der Waals surface area contributed by atoms with Crippen LogP contribution < -0.4 is 10.5 Å². The van der Waals surface area contributed by atoms with Gasteiger partial charge in [0.2, 0.25) is 0 Å². The van der Waals surface area contributed by atoms with Gasteiger partial charge in [-0.3, -0.25) is 4.79 Å². The monoisotopic (exact) mass is 418 g/mol. The number of primary amides is 1. The Bertz CT molecular complexity index is 962. The maximum atomic E-state index is 13.9. The second-order valence-corrected chi connectivity index (χ2v) is 6.38. The van der Waals surface area contributed by atoms with Gasteiger partial charge in [0.1, 0.15) is 29.7 Å². The molecule has 7 heteroatoms. The van der Waals surface area contributed by atoms with Crippen LogP contribution in [-0.4, -0.2) is 10.9 Å². The zero-order valence-electron chi connectivity index (χ0n) is 13.4. The molecule has 1 amide bonds. The smallest absolute Gasteiger partial charge is 0.267 e. The number of pyridine rings is 1. The number of hydrogen-bond acceptors (Lipinski definition) is 3. The van der Waals surface area contributed by atoms with Crippen molar-refractivity contribution in [3.8, 4) is 16.9 Å². The number of rotatable bonds is 5. The van der Waals surface area contributed by atoms with Crippen LogP contribution in [0.15, 0.2) is 59.2 Å². The van der Waals surface area contributed by atoms with E-state index in [0.717, 1.165) is 4.47 Å². The molecule has 0 unspecified atom stereocenters. The Morgan fingerprint density at radius 1 is 1.12 bits per heavy atom. The molecule has 3 aromatic rings. The lowest BCUT2D eigenvalue weighted by atomic mass is 10.0. The lowest BCUT2D eigenvalue weighted by Gasteiger charge is -2.13. The second-order valence-electron chi connectivity index (χ2n) is 5.46. The summed E-state index contributed by atoms with van der Waals surface area (Å²) in [6.45, 7) is -0.0446. The van der Waals surface area contributed by atoms with Crippen molar-refractivity contribution in [2.75, 3.05) is 0 Å². The summed E-state index contributed by atoms with van der Waals surface area (Å²) < 4.78 is 33.5. The predicted molar refractivity (Wildman–Crippen MR) is 96.6 cm³/mol. The van der Waals surface area contributed by atoms with Crippen molar-refractivity contribution in [2.24, 2.45) is 5.73 Å². The van der Waals surface area contributed by atoms with E-state index >= 15 is 0 Å². The number of halogens is 3. The minimum atomic E-state index is -0.696. The fourth-order valence-electron chi connectivity index (χ4n) is 2.36. The molecule has 0 saturated carbocycles.